The number of carbonyl (C=O) groups is 1. The van der Waals surface area contributed by atoms with Gasteiger partial charge in [0.1, 0.15) is 0 Å². The molecule has 1 saturated heterocycles. The van der Waals surface area contributed by atoms with Gasteiger partial charge in [-0.1, -0.05) is 0 Å². The van der Waals surface area contributed by atoms with Crippen molar-refractivity contribution in [1.82, 2.24) is 10.6 Å². The third-order valence-corrected chi connectivity index (χ3v) is 6.70. The zero-order chi connectivity index (χ0) is 16.8. The number of fused-ring (bicyclic) bond motifs is 3. The number of nitrogens with one attached hydrogen (secondary N) is 3. The summed E-state index contributed by atoms with van der Waals surface area (Å²) in [6.45, 7) is 1.04. The van der Waals surface area contributed by atoms with E-state index < -0.39 is 0 Å². The minimum atomic E-state index is 0.0713. The van der Waals surface area contributed by atoms with Gasteiger partial charge in [-0.2, -0.15) is 11.3 Å². The van der Waals surface area contributed by atoms with E-state index in [9.17, 15) is 4.79 Å². The second-order valence-corrected chi connectivity index (χ2v) is 8.25. The fraction of sp³-hybridized carbons (Fsp3) is 0.450. The van der Waals surface area contributed by atoms with E-state index in [4.69, 9.17) is 0 Å². The van der Waals surface area contributed by atoms with Crippen LogP contribution in [0, 0.1) is 5.92 Å². The number of amides is 1. The van der Waals surface area contributed by atoms with Crippen LogP contribution in [0.15, 0.2) is 35.0 Å². The third-order valence-electron chi connectivity index (χ3n) is 6.00. The van der Waals surface area contributed by atoms with Crippen LogP contribution in [0.2, 0.25) is 0 Å². The van der Waals surface area contributed by atoms with Gasteiger partial charge >= 0.3 is 0 Å². The highest BCUT2D eigenvalue weighted by Gasteiger charge is 2.40. The van der Waals surface area contributed by atoms with Gasteiger partial charge < -0.3 is 16.0 Å². The van der Waals surface area contributed by atoms with Gasteiger partial charge in [-0.15, -0.1) is 0 Å². The monoisotopic (exact) mass is 353 g/mol. The Labute approximate surface area is 152 Å². The summed E-state index contributed by atoms with van der Waals surface area (Å²) in [4.78, 5) is 12.5. The molecule has 25 heavy (non-hydrogen) atoms. The van der Waals surface area contributed by atoms with Crippen molar-refractivity contribution in [3.05, 3.63) is 51.7 Å². The van der Waals surface area contributed by atoms with Crippen LogP contribution in [0.1, 0.15) is 59.3 Å². The average molecular weight is 353 g/mol. The number of hydrogen-bond acceptors (Lipinski definition) is 4. The molecule has 5 rings (SSSR count). The smallest absolute Gasteiger partial charge is 0.251 e. The molecule has 0 bridgehead atoms. The van der Waals surface area contributed by atoms with Crippen molar-refractivity contribution in [2.75, 3.05) is 11.9 Å². The average Bonchev–Trinajstić information content (AvgIpc) is 3.28. The van der Waals surface area contributed by atoms with E-state index in [0.717, 1.165) is 37.1 Å². The fourth-order valence-electron chi connectivity index (χ4n) is 4.39. The molecule has 1 unspecified atom stereocenters. The van der Waals surface area contributed by atoms with Gasteiger partial charge in [0.05, 0.1) is 6.04 Å². The summed E-state index contributed by atoms with van der Waals surface area (Å²) in [6, 6.07) is 9.42. The zero-order valence-corrected chi connectivity index (χ0v) is 14.9. The lowest BCUT2D eigenvalue weighted by Gasteiger charge is -2.37. The number of carbonyl (C=O) groups excluding carboxylic acids is 1. The van der Waals surface area contributed by atoms with Crippen molar-refractivity contribution in [3.8, 4) is 0 Å². The number of thiophene rings is 1. The van der Waals surface area contributed by atoms with Crippen LogP contribution >= 0.6 is 11.3 Å². The summed E-state index contributed by atoms with van der Waals surface area (Å²) in [5, 5.41) is 15.0. The van der Waals surface area contributed by atoms with E-state index in [0.29, 0.717) is 24.0 Å². The summed E-state index contributed by atoms with van der Waals surface area (Å²) >= 11 is 1.75. The Morgan fingerprint density at radius 2 is 2.08 bits per heavy atom. The lowest BCUT2D eigenvalue weighted by atomic mass is 9.80. The first-order valence-corrected chi connectivity index (χ1v) is 10.2. The van der Waals surface area contributed by atoms with Crippen LogP contribution in [-0.2, 0) is 0 Å². The predicted molar refractivity (Wildman–Crippen MR) is 101 cm³/mol. The maximum atomic E-state index is 12.5. The summed E-state index contributed by atoms with van der Waals surface area (Å²) < 4.78 is 0. The van der Waals surface area contributed by atoms with Crippen molar-refractivity contribution in [2.24, 2.45) is 5.92 Å². The molecule has 2 fully saturated rings. The minimum Gasteiger partial charge on any atom is -0.378 e. The molecule has 1 amide bonds. The Morgan fingerprint density at radius 1 is 1.16 bits per heavy atom. The maximum absolute atomic E-state index is 12.5. The summed E-state index contributed by atoms with van der Waals surface area (Å²) in [6.07, 6.45) is 4.63. The van der Waals surface area contributed by atoms with E-state index in [2.05, 4.69) is 44.9 Å². The standard InChI is InChI=1S/C20H23N3OS/c24-20(22-14-2-1-3-14)12-4-5-17-16(10-12)19-15(6-8-21-19)18(23-17)13-7-9-25-11-13/h4-5,7,9-11,14-15,18-19,21,23H,1-3,6,8H2,(H,22,24)/t15-,18?,19-/m0/s1. The molecule has 130 valence electrons. The second kappa shape index (κ2) is 6.15. The van der Waals surface area contributed by atoms with Gasteiger partial charge in [0.2, 0.25) is 0 Å². The van der Waals surface area contributed by atoms with Crippen molar-refractivity contribution in [1.29, 1.82) is 0 Å². The number of hydrogen-bond donors (Lipinski definition) is 3. The van der Waals surface area contributed by atoms with Crippen molar-refractivity contribution < 1.29 is 4.79 Å². The van der Waals surface area contributed by atoms with Crippen LogP contribution in [0.5, 0.6) is 0 Å². The molecule has 2 aliphatic heterocycles. The van der Waals surface area contributed by atoms with E-state index in [1.165, 1.54) is 17.5 Å². The molecule has 1 aliphatic carbocycles. The highest BCUT2D eigenvalue weighted by molar-refractivity contribution is 7.08. The summed E-state index contributed by atoms with van der Waals surface area (Å²) in [5.41, 5.74) is 4.57. The lowest BCUT2D eigenvalue weighted by molar-refractivity contribution is 0.0917. The predicted octanol–water partition coefficient (Wildman–Crippen LogP) is 3.85. The van der Waals surface area contributed by atoms with Crippen LogP contribution in [-0.4, -0.2) is 18.5 Å². The molecule has 5 heteroatoms. The first-order valence-electron chi connectivity index (χ1n) is 9.26. The normalized spacial score (nSPS) is 27.8. The minimum absolute atomic E-state index is 0.0713. The van der Waals surface area contributed by atoms with Crippen LogP contribution in [0.25, 0.3) is 0 Å². The molecule has 1 aromatic carbocycles. The molecule has 0 radical (unpaired) electrons. The van der Waals surface area contributed by atoms with Crippen LogP contribution in [0.3, 0.4) is 0 Å². The van der Waals surface area contributed by atoms with Crippen molar-refractivity contribution in [2.45, 2.75) is 43.8 Å². The van der Waals surface area contributed by atoms with E-state index in [1.54, 1.807) is 11.3 Å². The molecule has 1 aromatic heterocycles. The Balaban J connectivity index is 1.45. The second-order valence-electron chi connectivity index (χ2n) is 7.47. The Hall–Kier alpha value is -1.85. The Bertz CT molecular complexity index is 784. The lowest BCUT2D eigenvalue weighted by Crippen LogP contribution is -2.39. The van der Waals surface area contributed by atoms with Gasteiger partial charge in [0.15, 0.2) is 0 Å². The van der Waals surface area contributed by atoms with E-state index in [-0.39, 0.29) is 5.91 Å². The molecular weight excluding hydrogens is 330 g/mol. The summed E-state index contributed by atoms with van der Waals surface area (Å²) in [5.74, 6) is 0.606. The van der Waals surface area contributed by atoms with Gasteiger partial charge in [-0.05, 0) is 78.4 Å². The fourth-order valence-corrected chi connectivity index (χ4v) is 5.09. The third kappa shape index (κ3) is 2.66. The zero-order valence-electron chi connectivity index (χ0n) is 14.1. The topological polar surface area (TPSA) is 53.2 Å². The molecule has 2 aromatic rings. The van der Waals surface area contributed by atoms with Gasteiger partial charge in [0, 0.05) is 29.3 Å². The number of benzene rings is 1. The largest absolute Gasteiger partial charge is 0.378 e. The Kier molecular flexibility index (Phi) is 3.79. The van der Waals surface area contributed by atoms with Crippen molar-refractivity contribution >= 4 is 22.9 Å². The first-order chi connectivity index (χ1) is 12.3. The van der Waals surface area contributed by atoms with Crippen LogP contribution < -0.4 is 16.0 Å². The van der Waals surface area contributed by atoms with E-state index in [1.807, 2.05) is 6.07 Å². The van der Waals surface area contributed by atoms with E-state index >= 15 is 0 Å². The van der Waals surface area contributed by atoms with Gasteiger partial charge in [0.25, 0.3) is 5.91 Å². The molecule has 3 aliphatic rings. The van der Waals surface area contributed by atoms with Crippen LogP contribution in [0.4, 0.5) is 5.69 Å². The Morgan fingerprint density at radius 3 is 2.84 bits per heavy atom. The first kappa shape index (κ1) is 15.4. The SMILES string of the molecule is O=C(NC1CCC1)c1ccc2c(c1)[C@H]1NCC[C@H]1C(c1ccsc1)N2. The molecule has 3 atom stereocenters. The molecule has 0 spiro atoms. The maximum Gasteiger partial charge on any atom is 0.251 e. The molecule has 1 saturated carbocycles. The molecule has 3 N–H and O–H groups in total. The summed E-state index contributed by atoms with van der Waals surface area (Å²) in [7, 11) is 0. The quantitative estimate of drug-likeness (QED) is 0.786. The molecule has 3 heterocycles. The van der Waals surface area contributed by atoms with Gasteiger partial charge in [-0.25, -0.2) is 0 Å². The highest BCUT2D eigenvalue weighted by Crippen LogP contribution is 2.47. The molecular formula is C20H23N3OS. The number of anilines is 1. The van der Waals surface area contributed by atoms with Gasteiger partial charge in [-0.3, -0.25) is 4.79 Å². The highest BCUT2D eigenvalue weighted by atomic mass is 32.1. The van der Waals surface area contributed by atoms with Crippen molar-refractivity contribution in [3.63, 3.8) is 0 Å². The number of rotatable bonds is 3. The molecule has 4 nitrogen and oxygen atoms in total.